The quantitative estimate of drug-likeness (QED) is 0.914. The van der Waals surface area contributed by atoms with Gasteiger partial charge in [0.25, 0.3) is 0 Å². The molecule has 0 aliphatic carbocycles. The molecule has 1 aromatic rings. The summed E-state index contributed by atoms with van der Waals surface area (Å²) in [5.41, 5.74) is 0. The van der Waals surface area contributed by atoms with Crippen LogP contribution in [0.25, 0.3) is 0 Å². The van der Waals surface area contributed by atoms with Gasteiger partial charge in [0.1, 0.15) is 11.6 Å². The van der Waals surface area contributed by atoms with E-state index in [4.69, 9.17) is 0 Å². The number of hydrogen-bond acceptors (Lipinski definition) is 3. The highest BCUT2D eigenvalue weighted by atomic mass is 32.2. The molecule has 0 aromatic heterocycles. The lowest BCUT2D eigenvalue weighted by Gasteiger charge is -2.29. The van der Waals surface area contributed by atoms with Gasteiger partial charge < -0.3 is 4.90 Å². The molecule has 0 amide bonds. The van der Waals surface area contributed by atoms with Gasteiger partial charge in [0.2, 0.25) is 10.0 Å². The molecule has 0 bridgehead atoms. The summed E-state index contributed by atoms with van der Waals surface area (Å²) in [5.74, 6) is -1.80. The van der Waals surface area contributed by atoms with E-state index in [-0.39, 0.29) is 10.9 Å². The predicted octanol–water partition coefficient (Wildman–Crippen LogP) is 1.34. The Balaban J connectivity index is 2.14. The number of hydrogen-bond donors (Lipinski definition) is 1. The number of sulfonamides is 1. The molecule has 0 saturated carbocycles. The van der Waals surface area contributed by atoms with Gasteiger partial charge in [-0.05, 0) is 45.1 Å². The first-order chi connectivity index (χ1) is 8.87. The molecule has 1 fully saturated rings. The lowest BCUT2D eigenvalue weighted by atomic mass is 10.1. The first kappa shape index (κ1) is 14.4. The lowest BCUT2D eigenvalue weighted by Crippen LogP contribution is -2.43. The molecule has 19 heavy (non-hydrogen) atoms. The van der Waals surface area contributed by atoms with Gasteiger partial charge in [0.15, 0.2) is 0 Å². The molecule has 4 nitrogen and oxygen atoms in total. The van der Waals surface area contributed by atoms with E-state index in [0.717, 1.165) is 25.2 Å². The van der Waals surface area contributed by atoms with E-state index in [0.29, 0.717) is 18.9 Å². The second-order valence-corrected chi connectivity index (χ2v) is 6.52. The Morgan fingerprint density at radius 1 is 1.16 bits per heavy atom. The average Bonchev–Trinajstić information content (AvgIpc) is 2.31. The van der Waals surface area contributed by atoms with Crippen molar-refractivity contribution in [2.24, 2.45) is 0 Å². The van der Waals surface area contributed by atoms with Crippen LogP contribution in [0.1, 0.15) is 12.8 Å². The summed E-state index contributed by atoms with van der Waals surface area (Å²) in [4.78, 5) is 1.73. The van der Waals surface area contributed by atoms with E-state index in [1.165, 1.54) is 0 Å². The number of nitrogens with zero attached hydrogens (tertiary/aromatic N) is 1. The third-order valence-electron chi connectivity index (χ3n) is 3.19. The molecule has 0 radical (unpaired) electrons. The second-order valence-electron chi connectivity index (χ2n) is 4.80. The van der Waals surface area contributed by atoms with Crippen LogP contribution in [0.3, 0.4) is 0 Å². The number of rotatable bonds is 3. The summed E-state index contributed by atoms with van der Waals surface area (Å²) in [7, 11) is -1.91. The minimum absolute atomic E-state index is 0.187. The van der Waals surface area contributed by atoms with E-state index >= 15 is 0 Å². The van der Waals surface area contributed by atoms with Crippen LogP contribution in [0.5, 0.6) is 0 Å². The zero-order valence-corrected chi connectivity index (χ0v) is 11.4. The Hall–Kier alpha value is -1.05. The molecule has 1 N–H and O–H groups in total. The summed E-state index contributed by atoms with van der Waals surface area (Å²) >= 11 is 0. The Morgan fingerprint density at radius 2 is 1.68 bits per heavy atom. The van der Waals surface area contributed by atoms with E-state index in [9.17, 15) is 17.2 Å². The van der Waals surface area contributed by atoms with Crippen molar-refractivity contribution in [2.75, 3.05) is 20.1 Å². The monoisotopic (exact) mass is 290 g/mol. The summed E-state index contributed by atoms with van der Waals surface area (Å²) in [5, 5.41) is 0. The second kappa shape index (κ2) is 5.52. The maximum absolute atomic E-state index is 13.0. The molecule has 106 valence electrons. The average molecular weight is 290 g/mol. The molecule has 1 aliphatic heterocycles. The maximum Gasteiger partial charge on any atom is 0.241 e. The number of piperidine rings is 1. The first-order valence-corrected chi connectivity index (χ1v) is 7.52. The molecule has 1 aromatic carbocycles. The molecule has 1 saturated heterocycles. The van der Waals surface area contributed by atoms with Crippen molar-refractivity contribution in [1.29, 1.82) is 0 Å². The number of halogens is 2. The van der Waals surface area contributed by atoms with Crippen LogP contribution in [-0.4, -0.2) is 39.5 Å². The molecular formula is C12H16F2N2O2S. The van der Waals surface area contributed by atoms with E-state index < -0.39 is 21.7 Å². The van der Waals surface area contributed by atoms with Crippen molar-refractivity contribution in [1.82, 2.24) is 9.62 Å². The highest BCUT2D eigenvalue weighted by molar-refractivity contribution is 7.89. The number of benzene rings is 1. The normalized spacial score (nSPS) is 18.7. The Labute approximate surface area is 111 Å². The molecule has 2 rings (SSSR count). The Kier molecular flexibility index (Phi) is 4.17. The standard InChI is InChI=1S/C12H16F2N2O2S/c1-16-4-2-11(3-5-16)15-19(17,18)12-7-9(13)6-10(14)8-12/h6-8,11,15H,2-5H2,1H3. The molecule has 1 aliphatic rings. The van der Waals surface area contributed by atoms with Gasteiger partial charge in [0.05, 0.1) is 4.90 Å². The van der Waals surface area contributed by atoms with Crippen LogP contribution >= 0.6 is 0 Å². The smallest absolute Gasteiger partial charge is 0.241 e. The zero-order chi connectivity index (χ0) is 14.0. The van der Waals surface area contributed by atoms with Gasteiger partial charge in [-0.1, -0.05) is 0 Å². The molecule has 0 unspecified atom stereocenters. The van der Waals surface area contributed by atoms with E-state index in [1.54, 1.807) is 0 Å². The van der Waals surface area contributed by atoms with Crippen molar-refractivity contribution in [3.05, 3.63) is 29.8 Å². The van der Waals surface area contributed by atoms with Crippen LogP contribution in [0, 0.1) is 11.6 Å². The summed E-state index contributed by atoms with van der Waals surface area (Å²) in [6.07, 6.45) is 1.38. The van der Waals surface area contributed by atoms with Crippen LogP contribution in [-0.2, 0) is 10.0 Å². The van der Waals surface area contributed by atoms with Crippen molar-refractivity contribution < 1.29 is 17.2 Å². The summed E-state index contributed by atoms with van der Waals surface area (Å²) < 4.78 is 52.7. The third-order valence-corrected chi connectivity index (χ3v) is 4.69. The fraction of sp³-hybridized carbons (Fsp3) is 0.500. The van der Waals surface area contributed by atoms with Gasteiger partial charge in [0, 0.05) is 12.1 Å². The summed E-state index contributed by atoms with van der Waals surface area (Å²) in [6.45, 7) is 1.59. The Morgan fingerprint density at radius 3 is 2.21 bits per heavy atom. The van der Waals surface area contributed by atoms with Gasteiger partial charge >= 0.3 is 0 Å². The summed E-state index contributed by atoms with van der Waals surface area (Å²) in [6, 6.07) is 2.10. The van der Waals surface area contributed by atoms with Crippen molar-refractivity contribution in [3.63, 3.8) is 0 Å². The highest BCUT2D eigenvalue weighted by Crippen LogP contribution is 2.16. The van der Waals surface area contributed by atoms with Crippen LogP contribution < -0.4 is 4.72 Å². The molecule has 0 spiro atoms. The van der Waals surface area contributed by atoms with Crippen LogP contribution in [0.15, 0.2) is 23.1 Å². The fourth-order valence-corrected chi connectivity index (χ4v) is 3.44. The van der Waals surface area contributed by atoms with Gasteiger partial charge in [-0.25, -0.2) is 21.9 Å². The van der Waals surface area contributed by atoms with Crippen molar-refractivity contribution in [2.45, 2.75) is 23.8 Å². The van der Waals surface area contributed by atoms with Crippen LogP contribution in [0.4, 0.5) is 8.78 Å². The highest BCUT2D eigenvalue weighted by Gasteiger charge is 2.24. The van der Waals surface area contributed by atoms with Crippen molar-refractivity contribution in [3.8, 4) is 0 Å². The molecule has 1 heterocycles. The maximum atomic E-state index is 13.0. The van der Waals surface area contributed by atoms with E-state index in [1.807, 2.05) is 7.05 Å². The van der Waals surface area contributed by atoms with Crippen molar-refractivity contribution >= 4 is 10.0 Å². The molecule has 7 heteroatoms. The van der Waals surface area contributed by atoms with Gasteiger partial charge in [-0.3, -0.25) is 0 Å². The van der Waals surface area contributed by atoms with E-state index in [2.05, 4.69) is 9.62 Å². The molecular weight excluding hydrogens is 274 g/mol. The number of nitrogens with one attached hydrogen (secondary N) is 1. The largest absolute Gasteiger partial charge is 0.306 e. The fourth-order valence-electron chi connectivity index (χ4n) is 2.10. The number of likely N-dealkylation sites (tertiary alicyclic amines) is 1. The topological polar surface area (TPSA) is 49.4 Å². The van der Waals surface area contributed by atoms with Gasteiger partial charge in [-0.2, -0.15) is 0 Å². The third kappa shape index (κ3) is 3.71. The molecule has 0 atom stereocenters. The predicted molar refractivity (Wildman–Crippen MR) is 67.2 cm³/mol. The minimum atomic E-state index is -3.87. The zero-order valence-electron chi connectivity index (χ0n) is 10.6. The van der Waals surface area contributed by atoms with Gasteiger partial charge in [-0.15, -0.1) is 0 Å². The SMILES string of the molecule is CN1CCC(NS(=O)(=O)c2cc(F)cc(F)c2)CC1. The lowest BCUT2D eigenvalue weighted by molar-refractivity contribution is 0.248. The van der Waals surface area contributed by atoms with Crippen LogP contribution in [0.2, 0.25) is 0 Å². The first-order valence-electron chi connectivity index (χ1n) is 6.04. The minimum Gasteiger partial charge on any atom is -0.306 e. The Bertz CT molecular complexity index is 535.